The van der Waals surface area contributed by atoms with Crippen molar-refractivity contribution in [2.75, 3.05) is 6.61 Å². The molecule has 0 aliphatic carbocycles. The van der Waals surface area contributed by atoms with Gasteiger partial charge in [-0.05, 0) is 6.42 Å². The van der Waals surface area contributed by atoms with E-state index in [2.05, 4.69) is 11.4 Å². The summed E-state index contributed by atoms with van der Waals surface area (Å²) in [6.07, 6.45) is 5.16. The first kappa shape index (κ1) is 17.2. The quantitative estimate of drug-likeness (QED) is 0.398. The zero-order chi connectivity index (χ0) is 9.45. The fourth-order valence-corrected chi connectivity index (χ4v) is 1.26. The predicted molar refractivity (Wildman–Crippen MR) is 53.9 cm³/mol. The molecule has 0 fully saturated rings. The van der Waals surface area contributed by atoms with Gasteiger partial charge in [0.15, 0.2) is 0 Å². The van der Waals surface area contributed by atoms with Crippen molar-refractivity contribution < 1.29 is 18.9 Å². The number of hydrogen-bond acceptors (Lipinski definition) is 2. The maximum absolute atomic E-state index is 10.2. The number of hydrogen-bond donors (Lipinski definition) is 2. The monoisotopic (exact) mass is 236 g/mol. The molecule has 4 nitrogen and oxygen atoms in total. The molecule has 0 saturated heterocycles. The number of phosphoric acid groups is 1. The molecule has 0 heterocycles. The molecule has 0 aromatic heterocycles. The maximum atomic E-state index is 10.2. The van der Waals surface area contributed by atoms with Gasteiger partial charge < -0.3 is 9.79 Å². The van der Waals surface area contributed by atoms with E-state index in [1.54, 1.807) is 0 Å². The first-order valence-electron chi connectivity index (χ1n) is 4.26. The van der Waals surface area contributed by atoms with Crippen LogP contribution in [0.15, 0.2) is 0 Å². The van der Waals surface area contributed by atoms with Crippen LogP contribution >= 0.6 is 7.82 Å². The van der Waals surface area contributed by atoms with Crippen LogP contribution in [-0.4, -0.2) is 67.8 Å². The summed E-state index contributed by atoms with van der Waals surface area (Å²) in [5, 5.41) is 0. The average Bonchev–Trinajstić information content (AvgIpc) is 1.94. The van der Waals surface area contributed by atoms with Gasteiger partial charge in [-0.2, -0.15) is 0 Å². The summed E-state index contributed by atoms with van der Waals surface area (Å²) in [5.74, 6) is 0. The van der Waals surface area contributed by atoms with E-state index in [1.807, 2.05) is 0 Å². The van der Waals surface area contributed by atoms with Gasteiger partial charge in [-0.25, -0.2) is 4.57 Å². The van der Waals surface area contributed by atoms with E-state index in [-0.39, 0.29) is 58.0 Å². The van der Waals surface area contributed by atoms with Crippen LogP contribution in [0.3, 0.4) is 0 Å². The van der Waals surface area contributed by atoms with Crippen LogP contribution in [0.25, 0.3) is 0 Å². The van der Waals surface area contributed by atoms with E-state index < -0.39 is 7.82 Å². The van der Waals surface area contributed by atoms with Crippen LogP contribution in [0.4, 0.5) is 0 Å². The summed E-state index contributed by atoms with van der Waals surface area (Å²) in [7, 11) is -4.22. The molecule has 0 amide bonds. The molecule has 0 aromatic rings. The molecule has 2 N–H and O–H groups in total. The molecule has 0 aliphatic rings. The van der Waals surface area contributed by atoms with Crippen molar-refractivity contribution >= 4 is 59.2 Å². The Kier molecular flexibility index (Phi) is 13.5. The van der Waals surface area contributed by atoms with E-state index in [1.165, 1.54) is 12.8 Å². The minimum atomic E-state index is -4.22. The van der Waals surface area contributed by atoms with Crippen molar-refractivity contribution in [3.63, 3.8) is 0 Å². The van der Waals surface area contributed by atoms with E-state index in [4.69, 9.17) is 9.79 Å². The Balaban J connectivity index is 0. The van der Waals surface area contributed by atoms with Crippen LogP contribution in [0, 0.1) is 0 Å². The van der Waals surface area contributed by atoms with E-state index in [9.17, 15) is 4.57 Å². The fourth-order valence-electron chi connectivity index (χ4n) is 0.889. The van der Waals surface area contributed by atoms with Gasteiger partial charge in [0, 0.05) is 0 Å². The topological polar surface area (TPSA) is 66.8 Å². The van der Waals surface area contributed by atoms with Gasteiger partial charge in [0.25, 0.3) is 0 Å². The van der Waals surface area contributed by atoms with Gasteiger partial charge in [0.2, 0.25) is 0 Å². The molecule has 0 rings (SSSR count). The molecule has 76 valence electrons. The van der Waals surface area contributed by atoms with E-state index in [0.717, 1.165) is 19.3 Å². The van der Waals surface area contributed by atoms with Crippen molar-refractivity contribution in [1.82, 2.24) is 0 Å². The number of rotatable bonds is 7. The van der Waals surface area contributed by atoms with Crippen molar-refractivity contribution in [3.8, 4) is 0 Å². The van der Waals surface area contributed by atoms with Gasteiger partial charge in [0.1, 0.15) is 0 Å². The molecular weight excluding hydrogens is 218 g/mol. The van der Waals surface area contributed by atoms with Crippen LogP contribution in [0.2, 0.25) is 0 Å². The van der Waals surface area contributed by atoms with Gasteiger partial charge >= 0.3 is 59.2 Å². The molecule has 0 radical (unpaired) electrons. The fraction of sp³-hybridized carbons (Fsp3) is 1.00. The summed E-state index contributed by atoms with van der Waals surface area (Å²) < 4.78 is 14.5. The SMILES string of the molecule is CCCCCCCOP(=O)(O)O.[KH]. The molecule has 0 aliphatic heterocycles. The summed E-state index contributed by atoms with van der Waals surface area (Å²) in [6, 6.07) is 0. The van der Waals surface area contributed by atoms with Crippen LogP contribution in [0.1, 0.15) is 39.0 Å². The minimum absolute atomic E-state index is 0. The normalized spacial score (nSPS) is 11.0. The Morgan fingerprint density at radius 1 is 1.15 bits per heavy atom. The second-order valence-corrected chi connectivity index (χ2v) is 3.98. The summed E-state index contributed by atoms with van der Waals surface area (Å²) in [4.78, 5) is 16.6. The first-order valence-corrected chi connectivity index (χ1v) is 5.79. The average molecular weight is 236 g/mol. The van der Waals surface area contributed by atoms with Crippen molar-refractivity contribution in [3.05, 3.63) is 0 Å². The summed E-state index contributed by atoms with van der Waals surface area (Å²) >= 11 is 0. The number of phosphoric ester groups is 1. The second-order valence-electron chi connectivity index (χ2n) is 2.74. The van der Waals surface area contributed by atoms with E-state index in [0.29, 0.717) is 0 Å². The molecule has 13 heavy (non-hydrogen) atoms. The zero-order valence-electron chi connectivity index (χ0n) is 7.40. The Labute approximate surface area is 122 Å². The molecular formula is C7H18KO4P. The second kappa shape index (κ2) is 10.3. The molecule has 0 aromatic carbocycles. The summed E-state index contributed by atoms with van der Waals surface area (Å²) in [6.45, 7) is 2.28. The van der Waals surface area contributed by atoms with Crippen molar-refractivity contribution in [2.45, 2.75) is 39.0 Å². The molecule has 0 bridgehead atoms. The Hall–Kier alpha value is 1.75. The third-order valence-corrected chi connectivity index (χ3v) is 2.03. The van der Waals surface area contributed by atoms with Gasteiger partial charge in [-0.15, -0.1) is 0 Å². The van der Waals surface area contributed by atoms with Crippen LogP contribution < -0.4 is 0 Å². The molecule has 0 unspecified atom stereocenters. The molecule has 0 atom stereocenters. The van der Waals surface area contributed by atoms with Crippen molar-refractivity contribution in [2.24, 2.45) is 0 Å². The Morgan fingerprint density at radius 2 is 1.69 bits per heavy atom. The zero-order valence-corrected chi connectivity index (χ0v) is 8.30. The van der Waals surface area contributed by atoms with Crippen LogP contribution in [-0.2, 0) is 9.09 Å². The third kappa shape index (κ3) is 16.4. The van der Waals surface area contributed by atoms with Gasteiger partial charge in [-0.1, -0.05) is 32.6 Å². The van der Waals surface area contributed by atoms with Gasteiger partial charge in [0.05, 0.1) is 6.61 Å². The Bertz CT molecular complexity index is 147. The third-order valence-electron chi connectivity index (χ3n) is 1.51. The number of unbranched alkanes of at least 4 members (excludes halogenated alkanes) is 4. The molecule has 0 saturated carbocycles. The van der Waals surface area contributed by atoms with E-state index >= 15 is 0 Å². The Morgan fingerprint density at radius 3 is 2.15 bits per heavy atom. The molecule has 0 spiro atoms. The van der Waals surface area contributed by atoms with Crippen LogP contribution in [0.5, 0.6) is 0 Å². The van der Waals surface area contributed by atoms with Crippen molar-refractivity contribution in [1.29, 1.82) is 0 Å². The standard InChI is InChI=1S/C7H17O4P.K.H/c1-2-3-4-5-6-7-11-12(8,9)10;;/h2-7H2,1H3,(H2,8,9,10);;. The predicted octanol–water partition coefficient (Wildman–Crippen LogP) is 1.42. The van der Waals surface area contributed by atoms with Gasteiger partial charge in [-0.3, -0.25) is 4.52 Å². The molecule has 6 heteroatoms. The summed E-state index contributed by atoms with van der Waals surface area (Å²) in [5.41, 5.74) is 0. The first-order chi connectivity index (χ1) is 5.56.